The molecule has 0 unspecified atom stereocenters. The van der Waals surface area contributed by atoms with Crippen LogP contribution in [0.25, 0.3) is 0 Å². The van der Waals surface area contributed by atoms with Crippen LogP contribution in [-0.4, -0.2) is 33.3 Å². The highest BCUT2D eigenvalue weighted by Gasteiger charge is 2.27. The Kier molecular flexibility index (Phi) is 7.35. The first-order valence-corrected chi connectivity index (χ1v) is 7.59. The van der Waals surface area contributed by atoms with Gasteiger partial charge in [-0.1, -0.05) is 13.8 Å². The minimum Gasteiger partial charge on any atom is -0.468 e. The van der Waals surface area contributed by atoms with Crippen LogP contribution in [0.3, 0.4) is 0 Å². The van der Waals surface area contributed by atoms with Crippen molar-refractivity contribution in [2.24, 2.45) is 5.92 Å². The summed E-state index contributed by atoms with van der Waals surface area (Å²) in [6.07, 6.45) is 0.623. The molecule has 0 spiro atoms. The average Bonchev–Trinajstić information content (AvgIpc) is 2.26. The molecule has 1 atom stereocenters. The van der Waals surface area contributed by atoms with Crippen LogP contribution < -0.4 is 5.09 Å². The lowest BCUT2D eigenvalue weighted by Gasteiger charge is -2.25. The Bertz CT molecular complexity index is 264. The molecular formula is C9H20NO4PS. The monoisotopic (exact) mass is 269 g/mol. The molecule has 0 aromatic carbocycles. The van der Waals surface area contributed by atoms with E-state index in [0.717, 1.165) is 0 Å². The van der Waals surface area contributed by atoms with Gasteiger partial charge in [-0.2, -0.15) is 0 Å². The van der Waals surface area contributed by atoms with Crippen molar-refractivity contribution in [1.29, 1.82) is 0 Å². The van der Waals surface area contributed by atoms with Crippen molar-refractivity contribution < 1.29 is 18.6 Å². The summed E-state index contributed by atoms with van der Waals surface area (Å²) in [5.74, 6) is -0.00853. The Labute approximate surface area is 102 Å². The number of carbonyl (C=O) groups excluding carboxylic acids is 1. The van der Waals surface area contributed by atoms with Crippen molar-refractivity contribution in [3.05, 3.63) is 0 Å². The molecule has 0 rings (SSSR count). The lowest BCUT2D eigenvalue weighted by Crippen LogP contribution is -2.37. The molecule has 0 aromatic heterocycles. The molecule has 5 nitrogen and oxygen atoms in total. The molecule has 0 bridgehead atoms. The molecule has 0 fully saturated rings. The molecule has 0 saturated heterocycles. The molecule has 0 aromatic rings. The predicted molar refractivity (Wildman–Crippen MR) is 66.7 cm³/mol. The van der Waals surface area contributed by atoms with Crippen LogP contribution in [0.5, 0.6) is 0 Å². The highest BCUT2D eigenvalue weighted by molar-refractivity contribution is 8.08. The van der Waals surface area contributed by atoms with E-state index in [1.165, 1.54) is 21.3 Å². The summed E-state index contributed by atoms with van der Waals surface area (Å²) >= 11 is 5.15. The number of hydrogen-bond donors (Lipinski definition) is 1. The van der Waals surface area contributed by atoms with Gasteiger partial charge in [-0.15, -0.1) is 0 Å². The SMILES string of the molecule is COC(=O)[C@H](CC(C)C)NP(=S)(OC)OC. The zero-order chi connectivity index (χ0) is 12.8. The van der Waals surface area contributed by atoms with E-state index in [9.17, 15) is 4.79 Å². The van der Waals surface area contributed by atoms with Gasteiger partial charge in [0.1, 0.15) is 6.04 Å². The third-order valence-corrected chi connectivity index (χ3v) is 4.79. The fourth-order valence-corrected chi connectivity index (χ4v) is 2.52. The highest BCUT2D eigenvalue weighted by atomic mass is 32.5. The van der Waals surface area contributed by atoms with Crippen molar-refractivity contribution in [3.8, 4) is 0 Å². The smallest absolute Gasteiger partial charge is 0.323 e. The Morgan fingerprint density at radius 3 is 2.12 bits per heavy atom. The van der Waals surface area contributed by atoms with Crippen LogP contribution in [0, 0.1) is 5.92 Å². The Morgan fingerprint density at radius 1 is 1.31 bits per heavy atom. The van der Waals surface area contributed by atoms with Crippen molar-refractivity contribution in [1.82, 2.24) is 5.09 Å². The first-order chi connectivity index (χ1) is 7.38. The molecule has 0 radical (unpaired) electrons. The van der Waals surface area contributed by atoms with Crippen molar-refractivity contribution in [2.75, 3.05) is 21.3 Å². The van der Waals surface area contributed by atoms with Crippen LogP contribution in [-0.2, 0) is 30.4 Å². The van der Waals surface area contributed by atoms with Crippen molar-refractivity contribution in [2.45, 2.75) is 26.3 Å². The maximum absolute atomic E-state index is 11.5. The molecule has 0 aliphatic rings. The molecule has 0 saturated carbocycles. The summed E-state index contributed by atoms with van der Waals surface area (Å²) < 4.78 is 14.9. The topological polar surface area (TPSA) is 56.8 Å². The van der Waals surface area contributed by atoms with E-state index in [1.54, 1.807) is 0 Å². The van der Waals surface area contributed by atoms with E-state index in [1.807, 2.05) is 13.8 Å². The zero-order valence-corrected chi connectivity index (χ0v) is 12.1. The maximum Gasteiger partial charge on any atom is 0.323 e. The minimum atomic E-state index is -2.58. The van der Waals surface area contributed by atoms with Crippen molar-refractivity contribution >= 4 is 24.4 Å². The molecule has 7 heteroatoms. The second kappa shape index (κ2) is 7.35. The van der Waals surface area contributed by atoms with Gasteiger partial charge in [0.15, 0.2) is 0 Å². The standard InChI is InChI=1S/C9H20NO4PS/c1-7(2)6-8(9(11)12-3)10-15(16,13-4)14-5/h7-8H,6H2,1-5H3,(H,10,16)/t8-/m0/s1. The molecular weight excluding hydrogens is 249 g/mol. The number of nitrogens with one attached hydrogen (secondary N) is 1. The van der Waals surface area contributed by atoms with Gasteiger partial charge in [-0.25, -0.2) is 5.09 Å². The fourth-order valence-electron chi connectivity index (χ4n) is 1.19. The lowest BCUT2D eigenvalue weighted by atomic mass is 10.1. The van der Waals surface area contributed by atoms with Crippen LogP contribution in [0.15, 0.2) is 0 Å². The number of ether oxygens (including phenoxy) is 1. The van der Waals surface area contributed by atoms with Crippen LogP contribution in [0.2, 0.25) is 0 Å². The first kappa shape index (κ1) is 16.0. The van der Waals surface area contributed by atoms with Gasteiger partial charge in [-0.3, -0.25) is 4.79 Å². The largest absolute Gasteiger partial charge is 0.468 e. The van der Waals surface area contributed by atoms with Crippen LogP contribution in [0.1, 0.15) is 20.3 Å². The van der Waals surface area contributed by atoms with Gasteiger partial charge in [0.2, 0.25) is 0 Å². The number of methoxy groups -OCH3 is 1. The molecule has 1 N–H and O–H groups in total. The van der Waals surface area contributed by atoms with E-state index in [0.29, 0.717) is 12.3 Å². The molecule has 96 valence electrons. The molecule has 0 amide bonds. The molecule has 16 heavy (non-hydrogen) atoms. The van der Waals surface area contributed by atoms with Gasteiger partial charge >= 0.3 is 5.97 Å². The van der Waals surface area contributed by atoms with E-state index >= 15 is 0 Å². The molecule has 0 heterocycles. The second-order valence-electron chi connectivity index (χ2n) is 3.70. The second-order valence-corrected chi connectivity index (χ2v) is 7.12. The van der Waals surface area contributed by atoms with Crippen LogP contribution in [0.4, 0.5) is 0 Å². The van der Waals surface area contributed by atoms with Gasteiger partial charge in [0.05, 0.1) is 7.11 Å². The van der Waals surface area contributed by atoms with E-state index in [4.69, 9.17) is 25.6 Å². The number of rotatable bonds is 7. The van der Waals surface area contributed by atoms with Gasteiger partial charge in [-0.05, 0) is 24.1 Å². The van der Waals surface area contributed by atoms with Crippen molar-refractivity contribution in [3.63, 3.8) is 0 Å². The van der Waals surface area contributed by atoms with Gasteiger partial charge in [0, 0.05) is 14.2 Å². The van der Waals surface area contributed by atoms with E-state index in [-0.39, 0.29) is 5.97 Å². The normalized spacial score (nSPS) is 13.9. The number of carbonyl (C=O) groups is 1. The summed E-state index contributed by atoms with van der Waals surface area (Å²) in [6.45, 7) is 1.45. The summed E-state index contributed by atoms with van der Waals surface area (Å²) in [6, 6.07) is -0.490. The third kappa shape index (κ3) is 5.37. The summed E-state index contributed by atoms with van der Waals surface area (Å²) in [5, 5.41) is 2.92. The Balaban J connectivity index is 4.65. The van der Waals surface area contributed by atoms with E-state index in [2.05, 4.69) is 5.09 Å². The lowest BCUT2D eigenvalue weighted by molar-refractivity contribution is -0.143. The maximum atomic E-state index is 11.5. The zero-order valence-electron chi connectivity index (χ0n) is 10.4. The first-order valence-electron chi connectivity index (χ1n) is 4.95. The summed E-state index contributed by atoms with van der Waals surface area (Å²) in [4.78, 5) is 11.5. The average molecular weight is 269 g/mol. The Morgan fingerprint density at radius 2 is 1.81 bits per heavy atom. The van der Waals surface area contributed by atoms with Gasteiger partial charge in [0.25, 0.3) is 6.64 Å². The minimum absolute atomic E-state index is 0.341. The quantitative estimate of drug-likeness (QED) is 0.560. The van der Waals surface area contributed by atoms with Gasteiger partial charge < -0.3 is 13.8 Å². The highest BCUT2D eigenvalue weighted by Crippen LogP contribution is 2.43. The van der Waals surface area contributed by atoms with E-state index < -0.39 is 12.7 Å². The number of esters is 1. The molecule has 0 aliphatic carbocycles. The summed E-state index contributed by atoms with van der Waals surface area (Å²) in [5.41, 5.74) is 0. The fraction of sp³-hybridized carbons (Fsp3) is 0.889. The number of hydrogen-bond acceptors (Lipinski definition) is 5. The summed E-state index contributed by atoms with van der Waals surface area (Å²) in [7, 11) is 4.27. The Hall–Kier alpha value is -0.0000000000000000694. The predicted octanol–water partition coefficient (Wildman–Crippen LogP) is 1.68. The molecule has 0 aliphatic heterocycles. The van der Waals surface area contributed by atoms with Crippen LogP contribution >= 0.6 is 6.64 Å². The third-order valence-electron chi connectivity index (χ3n) is 1.99.